The van der Waals surface area contributed by atoms with E-state index in [2.05, 4.69) is 0 Å². The molecule has 5 nitrogen and oxygen atoms in total. The molecule has 7 heteroatoms. The first-order valence-electron chi connectivity index (χ1n) is 9.54. The highest BCUT2D eigenvalue weighted by Crippen LogP contribution is 2.41. The highest BCUT2D eigenvalue weighted by molar-refractivity contribution is 7.96. The summed E-state index contributed by atoms with van der Waals surface area (Å²) in [5.74, 6) is -0.570. The molecule has 1 heterocycles. The molecule has 0 radical (unpaired) electrons. The van der Waals surface area contributed by atoms with Gasteiger partial charge in [0.15, 0.2) is 0 Å². The van der Waals surface area contributed by atoms with Gasteiger partial charge in [0.05, 0.1) is 17.7 Å². The van der Waals surface area contributed by atoms with Crippen LogP contribution in [-0.2, 0) is 9.84 Å². The van der Waals surface area contributed by atoms with Crippen LogP contribution < -0.4 is 9.64 Å². The van der Waals surface area contributed by atoms with E-state index in [1.54, 1.807) is 43.3 Å². The number of ether oxygens (including phenoxy) is 1. The number of fused-ring (bicyclic) bond motifs is 1. The molecule has 3 aromatic carbocycles. The molecule has 0 spiro atoms. The Hall–Kier alpha value is -3.45. The number of hydrogen-bond donors (Lipinski definition) is 0. The first-order chi connectivity index (χ1) is 14.7. The van der Waals surface area contributed by atoms with Crippen LogP contribution in [0.5, 0.6) is 5.75 Å². The summed E-state index contributed by atoms with van der Waals surface area (Å²) in [5, 5.41) is 0. The average molecular weight is 437 g/mol. The number of benzene rings is 3. The molecule has 0 aromatic heterocycles. The molecule has 0 amide bonds. The van der Waals surface area contributed by atoms with Gasteiger partial charge in [0.25, 0.3) is 0 Å². The molecule has 0 atom stereocenters. The van der Waals surface area contributed by atoms with Gasteiger partial charge in [-0.25, -0.2) is 12.8 Å². The number of nitrogens with zero attached hydrogens (tertiary/aromatic N) is 1. The van der Waals surface area contributed by atoms with Crippen molar-refractivity contribution in [1.82, 2.24) is 0 Å². The zero-order valence-corrected chi connectivity index (χ0v) is 18.0. The van der Waals surface area contributed by atoms with E-state index in [4.69, 9.17) is 4.74 Å². The summed E-state index contributed by atoms with van der Waals surface area (Å²) in [6.45, 7) is 3.66. The van der Waals surface area contributed by atoms with Crippen LogP contribution in [0.1, 0.15) is 21.5 Å². The second-order valence-electron chi connectivity index (χ2n) is 7.32. The summed E-state index contributed by atoms with van der Waals surface area (Å²) in [6.07, 6.45) is 1.26. The van der Waals surface area contributed by atoms with Crippen LogP contribution in [0, 0.1) is 19.7 Å². The quantitative estimate of drug-likeness (QED) is 0.420. The van der Waals surface area contributed by atoms with Crippen LogP contribution in [-0.4, -0.2) is 21.3 Å². The maximum atomic E-state index is 14.0. The maximum absolute atomic E-state index is 14.0. The molecular weight excluding hydrogens is 417 g/mol. The number of allylic oxidation sites excluding steroid dienone is 1. The number of halogens is 1. The van der Waals surface area contributed by atoms with Crippen LogP contribution in [0.25, 0.3) is 0 Å². The number of hydrogen-bond acceptors (Lipinski definition) is 5. The fourth-order valence-electron chi connectivity index (χ4n) is 3.62. The zero-order chi connectivity index (χ0) is 22.3. The molecule has 0 unspecified atom stereocenters. The van der Waals surface area contributed by atoms with Crippen molar-refractivity contribution in [3.8, 4) is 5.75 Å². The monoisotopic (exact) mass is 437 g/mol. The molecule has 158 valence electrons. The van der Waals surface area contributed by atoms with Gasteiger partial charge in [-0.2, -0.15) is 0 Å². The lowest BCUT2D eigenvalue weighted by Crippen LogP contribution is -2.26. The molecule has 0 saturated carbocycles. The first-order valence-corrected chi connectivity index (χ1v) is 11.0. The minimum atomic E-state index is -4.15. The van der Waals surface area contributed by atoms with E-state index < -0.39 is 21.4 Å². The lowest BCUT2D eigenvalue weighted by atomic mass is 10.0. The third kappa shape index (κ3) is 3.61. The van der Waals surface area contributed by atoms with E-state index >= 15 is 0 Å². The van der Waals surface area contributed by atoms with Crippen molar-refractivity contribution in [3.63, 3.8) is 0 Å². The van der Waals surface area contributed by atoms with Gasteiger partial charge in [-0.15, -0.1) is 0 Å². The second kappa shape index (κ2) is 7.67. The van der Waals surface area contributed by atoms with Crippen molar-refractivity contribution in [2.24, 2.45) is 0 Å². The fraction of sp³-hybridized carbons (Fsp3) is 0.125. The SMILES string of the molecule is COc1ccc(N2C=C(C(=O)c3ccc(C)cc3C)S(=O)(=O)c3ccc(F)cc32)cc1. The van der Waals surface area contributed by atoms with E-state index in [1.807, 2.05) is 13.0 Å². The molecule has 0 aliphatic carbocycles. The summed E-state index contributed by atoms with van der Waals surface area (Å²) >= 11 is 0. The van der Waals surface area contributed by atoms with Gasteiger partial charge in [-0.05, 0) is 61.9 Å². The Balaban J connectivity index is 1.92. The Morgan fingerprint density at radius 2 is 1.68 bits per heavy atom. The van der Waals surface area contributed by atoms with Gasteiger partial charge in [-0.3, -0.25) is 4.79 Å². The zero-order valence-electron chi connectivity index (χ0n) is 17.2. The van der Waals surface area contributed by atoms with Crippen LogP contribution in [0.15, 0.2) is 76.7 Å². The van der Waals surface area contributed by atoms with Gasteiger partial charge in [0, 0.05) is 17.5 Å². The molecule has 0 bridgehead atoms. The van der Waals surface area contributed by atoms with Crippen molar-refractivity contribution in [2.45, 2.75) is 18.7 Å². The normalized spacial score (nSPS) is 14.6. The van der Waals surface area contributed by atoms with E-state index in [1.165, 1.54) is 24.3 Å². The number of aryl methyl sites for hydroxylation is 2. The third-order valence-corrected chi connectivity index (χ3v) is 7.00. The number of rotatable bonds is 4. The van der Waals surface area contributed by atoms with Crippen molar-refractivity contribution in [1.29, 1.82) is 0 Å². The lowest BCUT2D eigenvalue weighted by Gasteiger charge is -2.29. The van der Waals surface area contributed by atoms with Gasteiger partial charge >= 0.3 is 0 Å². The fourth-order valence-corrected chi connectivity index (χ4v) is 5.13. The van der Waals surface area contributed by atoms with Crippen LogP contribution in [0.3, 0.4) is 0 Å². The average Bonchev–Trinajstić information content (AvgIpc) is 2.73. The predicted octanol–water partition coefficient (Wildman–Crippen LogP) is 5.10. The highest BCUT2D eigenvalue weighted by atomic mass is 32.2. The number of carbonyl (C=O) groups excluding carboxylic acids is 1. The van der Waals surface area contributed by atoms with Crippen molar-refractivity contribution < 1.29 is 22.3 Å². The number of ketones is 1. The maximum Gasteiger partial charge on any atom is 0.214 e. The standard InChI is InChI=1S/C24H20FNO4S/c1-15-4-10-20(16(2)12-15)24(27)23-14-26(18-6-8-19(30-3)9-7-18)21-13-17(25)5-11-22(21)31(23,28)29/h4-14H,1-3H3. The summed E-state index contributed by atoms with van der Waals surface area (Å²) in [7, 11) is -2.61. The van der Waals surface area contributed by atoms with Crippen molar-refractivity contribution in [2.75, 3.05) is 12.0 Å². The smallest absolute Gasteiger partial charge is 0.214 e. The van der Waals surface area contributed by atoms with Crippen LogP contribution in [0.4, 0.5) is 15.8 Å². The number of anilines is 2. The van der Waals surface area contributed by atoms with Gasteiger partial charge in [0.1, 0.15) is 16.5 Å². The Morgan fingerprint density at radius 3 is 2.32 bits per heavy atom. The van der Waals surface area contributed by atoms with Crippen LogP contribution in [0.2, 0.25) is 0 Å². The van der Waals surface area contributed by atoms with E-state index in [9.17, 15) is 17.6 Å². The molecule has 4 rings (SSSR count). The lowest BCUT2D eigenvalue weighted by molar-refractivity contribution is 0.104. The van der Waals surface area contributed by atoms with E-state index in [-0.39, 0.29) is 15.5 Å². The summed E-state index contributed by atoms with van der Waals surface area (Å²) in [4.78, 5) is 14.4. The van der Waals surface area contributed by atoms with Gasteiger partial charge in [0.2, 0.25) is 15.6 Å². The Labute approximate surface area is 180 Å². The molecule has 3 aromatic rings. The van der Waals surface area contributed by atoms with E-state index in [0.717, 1.165) is 17.7 Å². The molecule has 31 heavy (non-hydrogen) atoms. The summed E-state index contributed by atoms with van der Waals surface area (Å²) in [5.41, 5.74) is 2.66. The number of Topliss-reactive ketones (excluding diaryl/α,β-unsaturated/α-hetero) is 1. The summed E-state index contributed by atoms with van der Waals surface area (Å²) < 4.78 is 45.9. The Morgan fingerprint density at radius 1 is 0.968 bits per heavy atom. The molecule has 0 fully saturated rings. The van der Waals surface area contributed by atoms with Crippen molar-refractivity contribution >= 4 is 27.0 Å². The molecule has 0 N–H and O–H groups in total. The van der Waals surface area contributed by atoms with E-state index in [0.29, 0.717) is 22.6 Å². The first kappa shape index (κ1) is 20.8. The number of carbonyl (C=O) groups is 1. The van der Waals surface area contributed by atoms with Gasteiger partial charge < -0.3 is 9.64 Å². The largest absolute Gasteiger partial charge is 0.497 e. The van der Waals surface area contributed by atoms with Crippen LogP contribution >= 0.6 is 0 Å². The summed E-state index contributed by atoms with van der Waals surface area (Å²) in [6, 6.07) is 15.5. The highest BCUT2D eigenvalue weighted by Gasteiger charge is 2.36. The Bertz CT molecular complexity index is 1330. The third-order valence-electron chi connectivity index (χ3n) is 5.21. The molecule has 0 saturated heterocycles. The topological polar surface area (TPSA) is 63.7 Å². The number of sulfone groups is 1. The predicted molar refractivity (Wildman–Crippen MR) is 117 cm³/mol. The molecule has 1 aliphatic rings. The Kier molecular flexibility index (Phi) is 5.15. The second-order valence-corrected chi connectivity index (χ2v) is 9.21. The van der Waals surface area contributed by atoms with Gasteiger partial charge in [-0.1, -0.05) is 23.8 Å². The minimum Gasteiger partial charge on any atom is -0.497 e. The minimum absolute atomic E-state index is 0.125. The van der Waals surface area contributed by atoms with Crippen molar-refractivity contribution in [3.05, 3.63) is 94.3 Å². The molecular formula is C24H20FNO4S. The molecule has 1 aliphatic heterocycles. The number of methoxy groups -OCH3 is 1.